The van der Waals surface area contributed by atoms with E-state index in [9.17, 15) is 9.59 Å². The minimum atomic E-state index is -0.594. The lowest BCUT2D eigenvalue weighted by Gasteiger charge is -2.10. The van der Waals surface area contributed by atoms with Gasteiger partial charge in [0, 0.05) is 5.38 Å². The fraction of sp³-hybridized carbons (Fsp3) is 0.211. The molecule has 1 aromatic carbocycles. The smallest absolute Gasteiger partial charge is 0.373 e. The van der Waals surface area contributed by atoms with Crippen molar-refractivity contribution in [2.75, 3.05) is 7.11 Å². The van der Waals surface area contributed by atoms with Gasteiger partial charge in [0.25, 0.3) is 0 Å². The fourth-order valence-electron chi connectivity index (χ4n) is 2.27. The third-order valence-electron chi connectivity index (χ3n) is 3.54. The normalized spacial score (nSPS) is 10.4. The van der Waals surface area contributed by atoms with Crippen molar-refractivity contribution < 1.29 is 28.2 Å². The number of aromatic nitrogens is 1. The van der Waals surface area contributed by atoms with E-state index in [2.05, 4.69) is 9.72 Å². The zero-order chi connectivity index (χ0) is 19.2. The summed E-state index contributed by atoms with van der Waals surface area (Å²) < 4.78 is 20.8. The first-order valence-electron chi connectivity index (χ1n) is 8.04. The van der Waals surface area contributed by atoms with E-state index in [0.29, 0.717) is 17.1 Å². The highest BCUT2D eigenvalue weighted by molar-refractivity contribution is 7.09. The molecule has 0 aliphatic rings. The van der Waals surface area contributed by atoms with Crippen LogP contribution in [0.25, 0.3) is 0 Å². The maximum absolute atomic E-state index is 12.4. The summed E-state index contributed by atoms with van der Waals surface area (Å²) in [6.07, 6.45) is 0. The second-order valence-electron chi connectivity index (χ2n) is 5.48. The van der Waals surface area contributed by atoms with E-state index in [1.807, 2.05) is 12.3 Å². The first-order valence-corrected chi connectivity index (χ1v) is 8.91. The molecule has 2 aromatic heterocycles. The summed E-state index contributed by atoms with van der Waals surface area (Å²) in [4.78, 5) is 28.1. The van der Waals surface area contributed by atoms with Crippen molar-refractivity contribution in [2.45, 2.75) is 20.1 Å². The number of rotatable bonds is 7. The Morgan fingerprint density at radius 3 is 2.67 bits per heavy atom. The predicted molar refractivity (Wildman–Crippen MR) is 96.8 cm³/mol. The van der Waals surface area contributed by atoms with Crippen LogP contribution in [0.5, 0.6) is 5.75 Å². The average Bonchev–Trinajstić information content (AvgIpc) is 3.33. The van der Waals surface area contributed by atoms with E-state index in [4.69, 9.17) is 13.9 Å². The molecule has 0 aliphatic carbocycles. The van der Waals surface area contributed by atoms with Gasteiger partial charge in [-0.2, -0.15) is 0 Å². The molecule has 3 rings (SSSR count). The molecule has 7 nitrogen and oxygen atoms in total. The van der Waals surface area contributed by atoms with E-state index in [1.54, 1.807) is 30.3 Å². The minimum Gasteiger partial charge on any atom is -0.486 e. The van der Waals surface area contributed by atoms with Crippen LogP contribution in [0.4, 0.5) is 0 Å². The molecule has 27 heavy (non-hydrogen) atoms. The first kappa shape index (κ1) is 18.7. The van der Waals surface area contributed by atoms with Crippen LogP contribution < -0.4 is 4.74 Å². The number of thiazole rings is 1. The molecule has 3 aromatic rings. The van der Waals surface area contributed by atoms with Crippen molar-refractivity contribution in [2.24, 2.45) is 0 Å². The van der Waals surface area contributed by atoms with Gasteiger partial charge in [0.05, 0.1) is 17.8 Å². The van der Waals surface area contributed by atoms with Crippen molar-refractivity contribution in [1.82, 2.24) is 4.98 Å². The largest absolute Gasteiger partial charge is 0.486 e. The van der Waals surface area contributed by atoms with E-state index >= 15 is 0 Å². The maximum atomic E-state index is 12.4. The molecule has 2 heterocycles. The number of ether oxygens (including phenoxy) is 3. The molecule has 0 radical (unpaired) electrons. The highest BCUT2D eigenvalue weighted by atomic mass is 32.1. The predicted octanol–water partition coefficient (Wildman–Crippen LogP) is 3.77. The van der Waals surface area contributed by atoms with Crippen LogP contribution in [0.15, 0.2) is 46.2 Å². The Morgan fingerprint density at radius 2 is 1.93 bits per heavy atom. The van der Waals surface area contributed by atoms with Crippen molar-refractivity contribution >= 4 is 23.3 Å². The fourth-order valence-corrected chi connectivity index (χ4v) is 2.86. The summed E-state index contributed by atoms with van der Waals surface area (Å²) in [5.74, 6) is -0.367. The van der Waals surface area contributed by atoms with Crippen LogP contribution >= 0.6 is 11.3 Å². The van der Waals surface area contributed by atoms with E-state index in [-0.39, 0.29) is 19.0 Å². The summed E-state index contributed by atoms with van der Waals surface area (Å²) in [6.45, 7) is 2.06. The highest BCUT2D eigenvalue weighted by Crippen LogP contribution is 2.21. The average molecular weight is 387 g/mol. The monoisotopic (exact) mass is 387 g/mol. The zero-order valence-corrected chi connectivity index (χ0v) is 15.6. The van der Waals surface area contributed by atoms with Crippen molar-refractivity contribution in [3.63, 3.8) is 0 Å². The Bertz CT molecular complexity index is 945. The number of carbonyl (C=O) groups excluding carboxylic acids is 2. The molecule has 0 fully saturated rings. The lowest BCUT2D eigenvalue weighted by Crippen LogP contribution is -2.08. The van der Waals surface area contributed by atoms with Gasteiger partial charge in [0.1, 0.15) is 30.3 Å². The van der Waals surface area contributed by atoms with Crippen LogP contribution in [0, 0.1) is 6.92 Å². The van der Waals surface area contributed by atoms with Gasteiger partial charge in [-0.3, -0.25) is 0 Å². The number of methoxy groups -OCH3 is 1. The Hall–Kier alpha value is -3.13. The van der Waals surface area contributed by atoms with Crippen LogP contribution in [0.1, 0.15) is 37.4 Å². The van der Waals surface area contributed by atoms with Gasteiger partial charge in [-0.05, 0) is 31.2 Å². The molecule has 0 amide bonds. The van der Waals surface area contributed by atoms with Gasteiger partial charge in [0.2, 0.25) is 5.76 Å². The highest BCUT2D eigenvalue weighted by Gasteiger charge is 2.16. The standard InChI is InChI=1S/C19H17NO6S/c1-12-20-13(11-27-12)9-24-16-6-4-3-5-15(16)18(21)25-10-14-7-8-17(26-14)19(22)23-2/h3-8,11H,9-10H2,1-2H3. The Balaban J connectivity index is 1.62. The molecular weight excluding hydrogens is 370 g/mol. The second-order valence-corrected chi connectivity index (χ2v) is 6.54. The third-order valence-corrected chi connectivity index (χ3v) is 4.37. The number of esters is 2. The molecule has 0 bridgehead atoms. The van der Waals surface area contributed by atoms with Gasteiger partial charge in [-0.25, -0.2) is 14.6 Å². The molecule has 0 saturated carbocycles. The first-order chi connectivity index (χ1) is 13.1. The quantitative estimate of drug-likeness (QED) is 0.570. The molecular formula is C19H17NO6S. The third kappa shape index (κ3) is 4.73. The topological polar surface area (TPSA) is 87.9 Å². The van der Waals surface area contributed by atoms with Crippen LogP contribution in [0.2, 0.25) is 0 Å². The summed E-state index contributed by atoms with van der Waals surface area (Å²) in [5.41, 5.74) is 1.09. The lowest BCUT2D eigenvalue weighted by molar-refractivity contribution is 0.0433. The lowest BCUT2D eigenvalue weighted by atomic mass is 10.2. The Labute approximate surface area is 159 Å². The van der Waals surface area contributed by atoms with Gasteiger partial charge in [0.15, 0.2) is 0 Å². The van der Waals surface area contributed by atoms with E-state index in [0.717, 1.165) is 10.7 Å². The summed E-state index contributed by atoms with van der Waals surface area (Å²) in [5, 5.41) is 2.86. The van der Waals surface area contributed by atoms with Crippen LogP contribution in [-0.2, 0) is 22.7 Å². The van der Waals surface area contributed by atoms with E-state index < -0.39 is 11.9 Å². The number of hydrogen-bond acceptors (Lipinski definition) is 8. The number of nitrogens with zero attached hydrogens (tertiary/aromatic N) is 1. The molecule has 0 atom stereocenters. The summed E-state index contributed by atoms with van der Waals surface area (Å²) in [6, 6.07) is 9.81. The molecule has 0 spiro atoms. The summed E-state index contributed by atoms with van der Waals surface area (Å²) in [7, 11) is 1.26. The van der Waals surface area contributed by atoms with Gasteiger partial charge >= 0.3 is 11.9 Å². The van der Waals surface area contributed by atoms with Crippen LogP contribution in [-0.4, -0.2) is 24.0 Å². The summed E-state index contributed by atoms with van der Waals surface area (Å²) >= 11 is 1.54. The van der Waals surface area contributed by atoms with Gasteiger partial charge < -0.3 is 18.6 Å². The number of aryl methyl sites for hydroxylation is 1. The number of benzene rings is 1. The zero-order valence-electron chi connectivity index (χ0n) is 14.8. The van der Waals surface area contributed by atoms with Crippen molar-refractivity contribution in [3.8, 4) is 5.75 Å². The number of hydrogen-bond donors (Lipinski definition) is 0. The van der Waals surface area contributed by atoms with E-state index in [1.165, 1.54) is 24.5 Å². The Morgan fingerprint density at radius 1 is 1.11 bits per heavy atom. The van der Waals surface area contributed by atoms with Crippen LogP contribution in [0.3, 0.4) is 0 Å². The number of furan rings is 1. The molecule has 0 saturated heterocycles. The number of para-hydroxylation sites is 1. The number of carbonyl (C=O) groups is 2. The van der Waals surface area contributed by atoms with Crippen molar-refractivity contribution in [1.29, 1.82) is 0 Å². The molecule has 0 unspecified atom stereocenters. The molecule has 140 valence electrons. The van der Waals surface area contributed by atoms with Gasteiger partial charge in [-0.15, -0.1) is 11.3 Å². The molecule has 0 N–H and O–H groups in total. The molecule has 8 heteroatoms. The second kappa shape index (κ2) is 8.50. The molecule has 0 aliphatic heterocycles. The maximum Gasteiger partial charge on any atom is 0.373 e. The van der Waals surface area contributed by atoms with Gasteiger partial charge in [-0.1, -0.05) is 12.1 Å². The minimum absolute atomic E-state index is 0.0471. The Kier molecular flexibility index (Phi) is 5.87. The SMILES string of the molecule is COC(=O)c1ccc(COC(=O)c2ccccc2OCc2csc(C)n2)o1. The van der Waals surface area contributed by atoms with Crippen molar-refractivity contribution in [3.05, 3.63) is 69.6 Å².